The van der Waals surface area contributed by atoms with Crippen molar-refractivity contribution in [3.63, 3.8) is 0 Å². The summed E-state index contributed by atoms with van der Waals surface area (Å²) in [6, 6.07) is 62.0. The molecule has 0 amide bonds. The fourth-order valence-corrected chi connectivity index (χ4v) is 7.65. The molecule has 0 saturated heterocycles. The molecule has 0 unspecified atom stereocenters. The van der Waals surface area contributed by atoms with Crippen LogP contribution in [0.3, 0.4) is 0 Å². The lowest BCUT2D eigenvalue weighted by Gasteiger charge is -2.12. The van der Waals surface area contributed by atoms with Crippen LogP contribution in [0, 0.1) is 0 Å². The summed E-state index contributed by atoms with van der Waals surface area (Å²) in [4.78, 5) is 0. The van der Waals surface area contributed by atoms with Crippen molar-refractivity contribution in [2.75, 3.05) is 0 Å². The highest BCUT2D eigenvalue weighted by Crippen LogP contribution is 2.44. The van der Waals surface area contributed by atoms with Crippen molar-refractivity contribution in [3.8, 4) is 22.5 Å². The minimum Gasteiger partial charge on any atom is -0.309 e. The van der Waals surface area contributed by atoms with Gasteiger partial charge >= 0.3 is 0 Å². The van der Waals surface area contributed by atoms with Crippen LogP contribution in [0.15, 0.2) is 170 Å². The van der Waals surface area contributed by atoms with E-state index in [1.165, 1.54) is 82.0 Å². The molecule has 2 aromatic heterocycles. The van der Waals surface area contributed by atoms with Gasteiger partial charge in [-0.05, 0) is 75.8 Å². The first kappa shape index (κ1) is 25.2. The van der Waals surface area contributed by atoms with E-state index in [0.29, 0.717) is 0 Å². The van der Waals surface area contributed by atoms with Crippen LogP contribution in [0.2, 0.25) is 0 Å². The number of hydrogen-bond donors (Lipinski definition) is 0. The highest BCUT2D eigenvalue weighted by molar-refractivity contribution is 6.30. The number of para-hydroxylation sites is 1. The van der Waals surface area contributed by atoms with Gasteiger partial charge in [0.05, 0.1) is 27.8 Å². The maximum Gasteiger partial charge on any atom is 0.0549 e. The zero-order chi connectivity index (χ0) is 30.2. The van der Waals surface area contributed by atoms with Gasteiger partial charge < -0.3 is 9.13 Å². The Morgan fingerprint density at radius 3 is 1.76 bits per heavy atom. The second-order valence-electron chi connectivity index (χ2n) is 12.2. The second kappa shape index (κ2) is 9.69. The van der Waals surface area contributed by atoms with Crippen molar-refractivity contribution in [1.29, 1.82) is 0 Å². The molecule has 8 aromatic carbocycles. The monoisotopic (exact) mass is 584 g/mol. The van der Waals surface area contributed by atoms with Gasteiger partial charge in [-0.1, -0.05) is 121 Å². The van der Waals surface area contributed by atoms with Crippen LogP contribution in [-0.2, 0) is 0 Å². The summed E-state index contributed by atoms with van der Waals surface area (Å²) < 4.78 is 4.93. The Kier molecular flexibility index (Phi) is 5.31. The molecule has 0 fully saturated rings. The Balaban J connectivity index is 1.38. The molecule has 2 heteroatoms. The van der Waals surface area contributed by atoms with Crippen LogP contribution in [0.5, 0.6) is 0 Å². The SMILES string of the molecule is c1ccc(-c2cccc(-n3c4cc5ccccc5cc4c4c5c6ccccc6n(-c6cccc7ccccc67)c5ccc43)c2)cc1. The summed E-state index contributed by atoms with van der Waals surface area (Å²) in [6.07, 6.45) is 0. The lowest BCUT2D eigenvalue weighted by atomic mass is 10.0. The van der Waals surface area contributed by atoms with Gasteiger partial charge in [-0.15, -0.1) is 0 Å². The number of benzene rings is 8. The van der Waals surface area contributed by atoms with Crippen molar-refractivity contribution in [1.82, 2.24) is 9.13 Å². The third kappa shape index (κ3) is 3.59. The molecule has 0 aliphatic heterocycles. The third-order valence-corrected chi connectivity index (χ3v) is 9.65. The van der Waals surface area contributed by atoms with Gasteiger partial charge in [0.15, 0.2) is 0 Å². The molecular formula is C44H28N2. The molecule has 10 aromatic rings. The number of fused-ring (bicyclic) bond motifs is 9. The van der Waals surface area contributed by atoms with E-state index in [4.69, 9.17) is 0 Å². The van der Waals surface area contributed by atoms with Crippen LogP contribution < -0.4 is 0 Å². The molecule has 2 nitrogen and oxygen atoms in total. The van der Waals surface area contributed by atoms with Gasteiger partial charge in [0.2, 0.25) is 0 Å². The van der Waals surface area contributed by atoms with Crippen LogP contribution in [0.25, 0.3) is 87.7 Å². The van der Waals surface area contributed by atoms with E-state index in [1.807, 2.05) is 0 Å². The average molecular weight is 585 g/mol. The molecule has 0 N–H and O–H groups in total. The summed E-state index contributed by atoms with van der Waals surface area (Å²) >= 11 is 0. The number of aromatic nitrogens is 2. The van der Waals surface area contributed by atoms with Crippen molar-refractivity contribution < 1.29 is 0 Å². The first-order chi connectivity index (χ1) is 22.8. The fraction of sp³-hybridized carbons (Fsp3) is 0. The van der Waals surface area contributed by atoms with Crippen molar-refractivity contribution in [2.24, 2.45) is 0 Å². The Morgan fingerprint density at radius 2 is 0.913 bits per heavy atom. The lowest BCUT2D eigenvalue weighted by Crippen LogP contribution is -1.96. The average Bonchev–Trinajstić information content (AvgIpc) is 3.63. The highest BCUT2D eigenvalue weighted by atomic mass is 15.0. The summed E-state index contributed by atoms with van der Waals surface area (Å²) in [6.45, 7) is 0. The highest BCUT2D eigenvalue weighted by Gasteiger charge is 2.21. The molecule has 214 valence electrons. The Labute approximate surface area is 266 Å². The minimum atomic E-state index is 1.16. The van der Waals surface area contributed by atoms with Gasteiger partial charge in [0.1, 0.15) is 0 Å². The number of rotatable bonds is 3. The summed E-state index contributed by atoms with van der Waals surface area (Å²) in [7, 11) is 0. The van der Waals surface area contributed by atoms with Gasteiger partial charge in [-0.3, -0.25) is 0 Å². The summed E-state index contributed by atoms with van der Waals surface area (Å²) in [5.74, 6) is 0. The molecule has 10 rings (SSSR count). The molecule has 0 atom stereocenters. The molecule has 0 aliphatic carbocycles. The molecule has 0 saturated carbocycles. The Bertz CT molecular complexity index is 2790. The van der Waals surface area contributed by atoms with E-state index in [-0.39, 0.29) is 0 Å². The normalized spacial score (nSPS) is 11.9. The molecule has 0 aliphatic rings. The van der Waals surface area contributed by atoms with E-state index in [1.54, 1.807) is 0 Å². The second-order valence-corrected chi connectivity index (χ2v) is 12.2. The molecule has 2 heterocycles. The smallest absolute Gasteiger partial charge is 0.0549 e. The van der Waals surface area contributed by atoms with Gasteiger partial charge in [-0.2, -0.15) is 0 Å². The Hall–Kier alpha value is -6.12. The van der Waals surface area contributed by atoms with E-state index in [2.05, 4.69) is 179 Å². The standard InChI is InChI=1S/C44H28N2/c1-2-12-29(13-3-1)31-18-10-19-34(26-31)45-40-24-25-41-43(44(40)37-27-32-15-4-5-16-33(32)28-42(37)45)36-21-8-9-22-39(36)46(41)38-23-11-17-30-14-6-7-20-35(30)38/h1-28H. The van der Waals surface area contributed by atoms with E-state index < -0.39 is 0 Å². The first-order valence-electron chi connectivity index (χ1n) is 15.9. The summed E-state index contributed by atoms with van der Waals surface area (Å²) in [5, 5.41) is 10.1. The Morgan fingerprint density at radius 1 is 0.304 bits per heavy atom. The summed E-state index contributed by atoms with van der Waals surface area (Å²) in [5.41, 5.74) is 9.66. The van der Waals surface area contributed by atoms with E-state index >= 15 is 0 Å². The van der Waals surface area contributed by atoms with Crippen LogP contribution in [-0.4, -0.2) is 9.13 Å². The van der Waals surface area contributed by atoms with Crippen molar-refractivity contribution >= 4 is 65.2 Å². The minimum absolute atomic E-state index is 1.16. The predicted octanol–water partition coefficient (Wildman–Crippen LogP) is 11.9. The molecule has 0 bridgehead atoms. The zero-order valence-corrected chi connectivity index (χ0v) is 25.1. The predicted molar refractivity (Wildman–Crippen MR) is 196 cm³/mol. The molecule has 0 radical (unpaired) electrons. The van der Waals surface area contributed by atoms with Crippen LogP contribution in [0.1, 0.15) is 0 Å². The van der Waals surface area contributed by atoms with Crippen LogP contribution in [0.4, 0.5) is 0 Å². The largest absolute Gasteiger partial charge is 0.309 e. The fourth-order valence-electron chi connectivity index (χ4n) is 7.65. The van der Waals surface area contributed by atoms with Crippen molar-refractivity contribution in [2.45, 2.75) is 0 Å². The topological polar surface area (TPSA) is 9.86 Å². The van der Waals surface area contributed by atoms with Crippen LogP contribution >= 0.6 is 0 Å². The van der Waals surface area contributed by atoms with Gasteiger partial charge in [-0.25, -0.2) is 0 Å². The first-order valence-corrected chi connectivity index (χ1v) is 15.9. The third-order valence-electron chi connectivity index (χ3n) is 9.65. The maximum absolute atomic E-state index is 2.47. The van der Waals surface area contributed by atoms with Gasteiger partial charge in [0.25, 0.3) is 0 Å². The quantitative estimate of drug-likeness (QED) is 0.195. The lowest BCUT2D eigenvalue weighted by molar-refractivity contribution is 1.18. The van der Waals surface area contributed by atoms with E-state index in [9.17, 15) is 0 Å². The van der Waals surface area contributed by atoms with Crippen molar-refractivity contribution in [3.05, 3.63) is 170 Å². The molecular weight excluding hydrogens is 556 g/mol. The molecule has 46 heavy (non-hydrogen) atoms. The number of hydrogen-bond acceptors (Lipinski definition) is 0. The zero-order valence-electron chi connectivity index (χ0n) is 25.1. The molecule has 0 spiro atoms. The van der Waals surface area contributed by atoms with E-state index in [0.717, 1.165) is 5.69 Å². The van der Waals surface area contributed by atoms with Gasteiger partial charge in [0, 0.05) is 32.6 Å². The number of nitrogens with zero attached hydrogens (tertiary/aromatic N) is 2. The maximum atomic E-state index is 2.47.